The van der Waals surface area contributed by atoms with E-state index in [0.717, 1.165) is 36.7 Å². The predicted molar refractivity (Wildman–Crippen MR) is 122 cm³/mol. The summed E-state index contributed by atoms with van der Waals surface area (Å²) in [5.74, 6) is -0.170. The first-order valence-electron chi connectivity index (χ1n) is 8.75. The molecule has 0 unspecified atom stereocenters. The fourth-order valence-corrected chi connectivity index (χ4v) is 4.29. The third-order valence-corrected chi connectivity index (χ3v) is 5.71. The molecule has 0 saturated heterocycles. The number of carbonyl (C=O) groups excluding carboxylic acids is 1. The molecule has 0 atom stereocenters. The predicted octanol–water partition coefficient (Wildman–Crippen LogP) is 6.99. The Morgan fingerprint density at radius 2 is 1.68 bits per heavy atom. The van der Waals surface area contributed by atoms with Crippen LogP contribution < -0.4 is 5.32 Å². The number of pyridine rings is 1. The Morgan fingerprint density at radius 3 is 2.46 bits per heavy atom. The van der Waals surface area contributed by atoms with Crippen molar-refractivity contribution < 1.29 is 4.79 Å². The zero-order valence-electron chi connectivity index (χ0n) is 15.0. The molecule has 28 heavy (non-hydrogen) atoms. The number of halogens is 2. The van der Waals surface area contributed by atoms with Crippen molar-refractivity contribution in [2.45, 2.75) is 6.92 Å². The number of para-hydroxylation sites is 1. The lowest BCUT2D eigenvalue weighted by Crippen LogP contribution is -2.13. The number of benzene rings is 3. The molecule has 0 radical (unpaired) electrons. The fourth-order valence-electron chi connectivity index (χ4n) is 3.14. The molecule has 3 nitrogen and oxygen atoms in total. The van der Waals surface area contributed by atoms with E-state index in [1.165, 1.54) is 0 Å². The Balaban J connectivity index is 1.83. The molecule has 5 heteroatoms. The van der Waals surface area contributed by atoms with Gasteiger partial charge in [-0.15, -0.1) is 0 Å². The Hall–Kier alpha value is -2.50. The fraction of sp³-hybridized carbons (Fsp3) is 0.0435. The van der Waals surface area contributed by atoms with Crippen LogP contribution in [0.25, 0.3) is 22.2 Å². The average Bonchev–Trinajstić information content (AvgIpc) is 2.69. The van der Waals surface area contributed by atoms with Gasteiger partial charge in [-0.25, -0.2) is 4.98 Å². The van der Waals surface area contributed by atoms with Crippen LogP contribution in [0.2, 0.25) is 0 Å². The topological polar surface area (TPSA) is 42.0 Å². The van der Waals surface area contributed by atoms with E-state index >= 15 is 0 Å². The van der Waals surface area contributed by atoms with E-state index in [1.54, 1.807) is 0 Å². The first-order chi connectivity index (χ1) is 13.5. The second-order valence-corrected chi connectivity index (χ2v) is 8.24. The molecule has 1 aromatic heterocycles. The van der Waals surface area contributed by atoms with E-state index < -0.39 is 0 Å². The van der Waals surface area contributed by atoms with Gasteiger partial charge in [0.2, 0.25) is 0 Å². The maximum atomic E-state index is 13.2. The zero-order chi connectivity index (χ0) is 19.7. The molecule has 138 valence electrons. The van der Waals surface area contributed by atoms with Crippen molar-refractivity contribution in [3.05, 3.63) is 92.9 Å². The Labute approximate surface area is 180 Å². The summed E-state index contributed by atoms with van der Waals surface area (Å²) >= 11 is 6.93. The Bertz CT molecular complexity index is 1200. The number of nitrogens with zero attached hydrogens (tertiary/aromatic N) is 1. The summed E-state index contributed by atoms with van der Waals surface area (Å²) in [6, 6.07) is 23.3. The van der Waals surface area contributed by atoms with Crippen molar-refractivity contribution in [1.82, 2.24) is 4.98 Å². The third-order valence-electron chi connectivity index (χ3n) is 4.56. The number of anilines is 1. The van der Waals surface area contributed by atoms with Gasteiger partial charge in [-0.05, 0) is 58.7 Å². The molecule has 0 saturated carbocycles. The highest BCUT2D eigenvalue weighted by Gasteiger charge is 2.16. The lowest BCUT2D eigenvalue weighted by molar-refractivity contribution is 0.102. The largest absolute Gasteiger partial charge is 0.321 e. The van der Waals surface area contributed by atoms with Crippen molar-refractivity contribution in [3.63, 3.8) is 0 Å². The van der Waals surface area contributed by atoms with Crippen molar-refractivity contribution in [3.8, 4) is 11.3 Å². The summed E-state index contributed by atoms with van der Waals surface area (Å²) in [5.41, 5.74) is 5.03. The first kappa shape index (κ1) is 18.8. The number of amides is 1. The van der Waals surface area contributed by atoms with Gasteiger partial charge >= 0.3 is 0 Å². The summed E-state index contributed by atoms with van der Waals surface area (Å²) in [4.78, 5) is 18.0. The second-order valence-electron chi connectivity index (χ2n) is 6.47. The SMILES string of the molecule is Cc1ccccc1-c1cc(C(=O)Nc2ccc(Br)cc2Br)c2ccccc2n1. The molecule has 1 amide bonds. The summed E-state index contributed by atoms with van der Waals surface area (Å²) in [6.45, 7) is 2.05. The molecule has 0 bridgehead atoms. The van der Waals surface area contributed by atoms with Crippen molar-refractivity contribution in [2.24, 2.45) is 0 Å². The van der Waals surface area contributed by atoms with Gasteiger partial charge in [-0.2, -0.15) is 0 Å². The van der Waals surface area contributed by atoms with Crippen LogP contribution in [-0.2, 0) is 0 Å². The van der Waals surface area contributed by atoms with Crippen molar-refractivity contribution in [2.75, 3.05) is 5.32 Å². The molecule has 1 N–H and O–H groups in total. The molecule has 0 fully saturated rings. The Kier molecular flexibility index (Phi) is 5.29. The second kappa shape index (κ2) is 7.86. The maximum absolute atomic E-state index is 13.2. The minimum Gasteiger partial charge on any atom is -0.321 e. The van der Waals surface area contributed by atoms with E-state index in [2.05, 4.69) is 37.2 Å². The van der Waals surface area contributed by atoms with Crippen molar-refractivity contribution in [1.29, 1.82) is 0 Å². The quantitative estimate of drug-likeness (QED) is 0.333. The van der Waals surface area contributed by atoms with Gasteiger partial charge in [0.05, 0.1) is 22.5 Å². The Morgan fingerprint density at radius 1 is 0.929 bits per heavy atom. The molecule has 3 aromatic carbocycles. The van der Waals surface area contributed by atoms with Crippen molar-refractivity contribution >= 4 is 54.4 Å². The summed E-state index contributed by atoms with van der Waals surface area (Å²) in [7, 11) is 0. The lowest BCUT2D eigenvalue weighted by Gasteiger charge is -2.13. The number of hydrogen-bond donors (Lipinski definition) is 1. The van der Waals surface area contributed by atoms with Gasteiger partial charge in [0.25, 0.3) is 5.91 Å². The summed E-state index contributed by atoms with van der Waals surface area (Å²) in [6.07, 6.45) is 0. The number of aryl methyl sites for hydroxylation is 1. The highest BCUT2D eigenvalue weighted by Crippen LogP contribution is 2.30. The number of carbonyl (C=O) groups is 1. The van der Waals surface area contributed by atoms with Crippen LogP contribution in [-0.4, -0.2) is 10.9 Å². The van der Waals surface area contributed by atoms with Crippen LogP contribution in [0.15, 0.2) is 81.7 Å². The number of aromatic nitrogens is 1. The highest BCUT2D eigenvalue weighted by atomic mass is 79.9. The van der Waals surface area contributed by atoms with Crippen LogP contribution in [0.4, 0.5) is 5.69 Å². The van der Waals surface area contributed by atoms with E-state index in [1.807, 2.05) is 79.7 Å². The first-order valence-corrected chi connectivity index (χ1v) is 10.3. The molecule has 4 aromatic rings. The van der Waals surface area contributed by atoms with Gasteiger partial charge in [0.1, 0.15) is 0 Å². The average molecular weight is 496 g/mol. The molecule has 0 spiro atoms. The smallest absolute Gasteiger partial charge is 0.256 e. The number of nitrogens with one attached hydrogen (secondary N) is 1. The molecule has 0 aliphatic rings. The van der Waals surface area contributed by atoms with Crippen LogP contribution in [0.1, 0.15) is 15.9 Å². The molecule has 4 rings (SSSR count). The van der Waals surface area contributed by atoms with Gasteiger partial charge in [-0.1, -0.05) is 58.4 Å². The van der Waals surface area contributed by atoms with Gasteiger partial charge in [0.15, 0.2) is 0 Å². The lowest BCUT2D eigenvalue weighted by atomic mass is 10.0. The molecular formula is C23H16Br2N2O. The minimum atomic E-state index is -0.170. The van der Waals surface area contributed by atoms with E-state index in [9.17, 15) is 4.79 Å². The normalized spacial score (nSPS) is 10.8. The van der Waals surface area contributed by atoms with Gasteiger partial charge < -0.3 is 5.32 Å². The van der Waals surface area contributed by atoms with Crippen LogP contribution in [0.5, 0.6) is 0 Å². The number of hydrogen-bond acceptors (Lipinski definition) is 2. The summed E-state index contributed by atoms with van der Waals surface area (Å²) in [5, 5.41) is 3.83. The van der Waals surface area contributed by atoms with E-state index in [4.69, 9.17) is 4.98 Å². The standard InChI is InChI=1S/C23H16Br2N2O/c1-14-6-2-3-7-16(14)22-13-18(17-8-4-5-9-20(17)26-22)23(28)27-21-11-10-15(24)12-19(21)25/h2-13H,1H3,(H,27,28). The number of rotatable bonds is 3. The minimum absolute atomic E-state index is 0.170. The van der Waals surface area contributed by atoms with Gasteiger partial charge in [0, 0.05) is 19.9 Å². The molecular weight excluding hydrogens is 480 g/mol. The van der Waals surface area contributed by atoms with Gasteiger partial charge in [-0.3, -0.25) is 4.79 Å². The third kappa shape index (κ3) is 3.73. The van der Waals surface area contributed by atoms with Crippen LogP contribution in [0.3, 0.4) is 0 Å². The summed E-state index contributed by atoms with van der Waals surface area (Å²) < 4.78 is 1.75. The van der Waals surface area contributed by atoms with E-state index in [-0.39, 0.29) is 5.91 Å². The number of fused-ring (bicyclic) bond motifs is 1. The zero-order valence-corrected chi connectivity index (χ0v) is 18.2. The molecule has 0 aliphatic carbocycles. The maximum Gasteiger partial charge on any atom is 0.256 e. The molecule has 0 aliphatic heterocycles. The molecule has 1 heterocycles. The highest BCUT2D eigenvalue weighted by molar-refractivity contribution is 9.11. The van der Waals surface area contributed by atoms with E-state index in [0.29, 0.717) is 11.3 Å². The monoisotopic (exact) mass is 494 g/mol. The van der Waals surface area contributed by atoms with Crippen LogP contribution >= 0.6 is 31.9 Å². The van der Waals surface area contributed by atoms with Crippen LogP contribution in [0, 0.1) is 6.92 Å².